The van der Waals surface area contributed by atoms with Gasteiger partial charge in [0.2, 0.25) is 0 Å². The minimum atomic E-state index is 0.500. The summed E-state index contributed by atoms with van der Waals surface area (Å²) in [6.07, 6.45) is 4.10. The van der Waals surface area contributed by atoms with Crippen LogP contribution in [0.1, 0.15) is 37.1 Å². The Morgan fingerprint density at radius 2 is 2.27 bits per heavy atom. The topological polar surface area (TPSA) is 12.0 Å². The van der Waals surface area contributed by atoms with E-state index in [9.17, 15) is 0 Å². The lowest BCUT2D eigenvalue weighted by molar-refractivity contribution is 0.319. The van der Waals surface area contributed by atoms with Crippen LogP contribution in [0.4, 0.5) is 0 Å². The Balaban J connectivity index is 2.16. The van der Waals surface area contributed by atoms with Crippen LogP contribution >= 0.6 is 22.9 Å². The minimum Gasteiger partial charge on any atom is -0.312 e. The van der Waals surface area contributed by atoms with Crippen molar-refractivity contribution in [2.24, 2.45) is 11.8 Å². The Kier molecular flexibility index (Phi) is 3.70. The van der Waals surface area contributed by atoms with Gasteiger partial charge in [-0.15, -0.1) is 11.3 Å². The van der Waals surface area contributed by atoms with Gasteiger partial charge in [0.05, 0.1) is 4.34 Å². The molecule has 2 rings (SSSR count). The summed E-state index contributed by atoms with van der Waals surface area (Å²) >= 11 is 7.71. The van der Waals surface area contributed by atoms with Crippen LogP contribution in [0.2, 0.25) is 4.34 Å². The molecular weight excluding hydrogens is 226 g/mol. The van der Waals surface area contributed by atoms with Crippen LogP contribution in [0.15, 0.2) is 12.1 Å². The Morgan fingerprint density at radius 1 is 1.47 bits per heavy atom. The zero-order valence-electron chi connectivity index (χ0n) is 9.29. The van der Waals surface area contributed by atoms with Crippen molar-refractivity contribution >= 4 is 22.9 Å². The molecule has 1 aromatic heterocycles. The van der Waals surface area contributed by atoms with E-state index in [4.69, 9.17) is 11.6 Å². The molecule has 84 valence electrons. The van der Waals surface area contributed by atoms with E-state index >= 15 is 0 Å². The van der Waals surface area contributed by atoms with Crippen molar-refractivity contribution in [3.63, 3.8) is 0 Å². The largest absolute Gasteiger partial charge is 0.312 e. The van der Waals surface area contributed by atoms with E-state index in [2.05, 4.69) is 25.4 Å². The minimum absolute atomic E-state index is 0.500. The molecule has 1 aromatic rings. The van der Waals surface area contributed by atoms with Crippen LogP contribution in [-0.2, 0) is 0 Å². The van der Waals surface area contributed by atoms with Crippen LogP contribution in [0.25, 0.3) is 0 Å². The highest BCUT2D eigenvalue weighted by molar-refractivity contribution is 7.16. The van der Waals surface area contributed by atoms with Crippen molar-refractivity contribution in [3.05, 3.63) is 21.3 Å². The first-order valence-corrected chi connectivity index (χ1v) is 6.84. The number of nitrogens with one attached hydrogen (secondary N) is 1. The van der Waals surface area contributed by atoms with Gasteiger partial charge in [0.1, 0.15) is 0 Å². The molecule has 0 amide bonds. The summed E-state index contributed by atoms with van der Waals surface area (Å²) in [5, 5.41) is 3.46. The van der Waals surface area contributed by atoms with Crippen molar-refractivity contribution in [1.82, 2.24) is 5.32 Å². The number of rotatable bonds is 3. The second-order valence-corrected chi connectivity index (χ2v) is 6.23. The summed E-state index contributed by atoms with van der Waals surface area (Å²) in [5.41, 5.74) is 0. The molecule has 1 fully saturated rings. The van der Waals surface area contributed by atoms with Gasteiger partial charge >= 0.3 is 0 Å². The zero-order chi connectivity index (χ0) is 10.8. The average molecular weight is 244 g/mol. The number of thiophene rings is 1. The molecule has 1 saturated carbocycles. The van der Waals surface area contributed by atoms with E-state index in [0.29, 0.717) is 6.04 Å². The highest BCUT2D eigenvalue weighted by atomic mass is 35.5. The third-order valence-electron chi connectivity index (χ3n) is 3.57. The third kappa shape index (κ3) is 2.38. The average Bonchev–Trinajstić information content (AvgIpc) is 2.79. The molecule has 1 aliphatic carbocycles. The van der Waals surface area contributed by atoms with E-state index < -0.39 is 0 Å². The number of hydrogen-bond donors (Lipinski definition) is 1. The van der Waals surface area contributed by atoms with E-state index in [1.807, 2.05) is 6.07 Å². The smallest absolute Gasteiger partial charge is 0.0931 e. The summed E-state index contributed by atoms with van der Waals surface area (Å²) in [4.78, 5) is 1.39. The Labute approximate surface area is 101 Å². The molecule has 0 aliphatic heterocycles. The second-order valence-electron chi connectivity index (χ2n) is 4.48. The second kappa shape index (κ2) is 4.86. The molecule has 1 N–H and O–H groups in total. The molecule has 1 heterocycles. The highest BCUT2D eigenvalue weighted by Crippen LogP contribution is 2.42. The van der Waals surface area contributed by atoms with Gasteiger partial charge in [0, 0.05) is 10.9 Å². The van der Waals surface area contributed by atoms with Crippen molar-refractivity contribution in [2.45, 2.75) is 32.2 Å². The Hall–Kier alpha value is -0.0500. The predicted octanol–water partition coefficient (Wildman–Crippen LogP) is 4.10. The molecule has 1 nitrogen and oxygen atoms in total. The highest BCUT2D eigenvalue weighted by Gasteiger charge is 2.31. The molecule has 15 heavy (non-hydrogen) atoms. The van der Waals surface area contributed by atoms with Crippen LogP contribution in [0.3, 0.4) is 0 Å². The molecule has 0 saturated heterocycles. The summed E-state index contributed by atoms with van der Waals surface area (Å²) in [6.45, 7) is 2.37. The molecule has 3 atom stereocenters. The maximum absolute atomic E-state index is 6.00. The maximum atomic E-state index is 6.00. The van der Waals surface area contributed by atoms with E-state index in [1.165, 1.54) is 24.1 Å². The van der Waals surface area contributed by atoms with Gasteiger partial charge in [0.15, 0.2) is 0 Å². The number of hydrogen-bond acceptors (Lipinski definition) is 2. The van der Waals surface area contributed by atoms with E-state index in [1.54, 1.807) is 11.3 Å². The predicted molar refractivity (Wildman–Crippen MR) is 67.6 cm³/mol. The fourth-order valence-electron chi connectivity index (χ4n) is 2.73. The van der Waals surface area contributed by atoms with E-state index in [-0.39, 0.29) is 0 Å². The molecular formula is C12H18ClNS. The van der Waals surface area contributed by atoms with Crippen molar-refractivity contribution in [3.8, 4) is 0 Å². The molecule has 3 heteroatoms. The molecule has 0 aromatic carbocycles. The van der Waals surface area contributed by atoms with Gasteiger partial charge in [-0.25, -0.2) is 0 Å². The SMILES string of the molecule is CNC(c1ccc(Cl)s1)C1CCCC1C. The quantitative estimate of drug-likeness (QED) is 0.843. The van der Waals surface area contributed by atoms with Crippen molar-refractivity contribution < 1.29 is 0 Å². The van der Waals surface area contributed by atoms with Crippen LogP contribution in [0, 0.1) is 11.8 Å². The first kappa shape index (κ1) is 11.4. The Morgan fingerprint density at radius 3 is 2.73 bits per heavy atom. The molecule has 0 radical (unpaired) electrons. The summed E-state index contributed by atoms with van der Waals surface area (Å²) in [7, 11) is 2.06. The van der Waals surface area contributed by atoms with Crippen LogP contribution in [-0.4, -0.2) is 7.05 Å². The van der Waals surface area contributed by atoms with Gasteiger partial charge in [-0.3, -0.25) is 0 Å². The third-order valence-corrected chi connectivity index (χ3v) is 4.88. The number of halogens is 1. The molecule has 1 aliphatic rings. The molecule has 3 unspecified atom stereocenters. The summed E-state index contributed by atoms with van der Waals surface area (Å²) in [5.74, 6) is 1.62. The van der Waals surface area contributed by atoms with Crippen molar-refractivity contribution in [1.29, 1.82) is 0 Å². The van der Waals surface area contributed by atoms with Crippen LogP contribution in [0.5, 0.6) is 0 Å². The lowest BCUT2D eigenvalue weighted by atomic mass is 9.89. The lowest BCUT2D eigenvalue weighted by Crippen LogP contribution is -2.26. The van der Waals surface area contributed by atoms with Crippen molar-refractivity contribution in [2.75, 3.05) is 7.05 Å². The summed E-state index contributed by atoms with van der Waals surface area (Å²) in [6, 6.07) is 4.67. The first-order valence-electron chi connectivity index (χ1n) is 5.65. The standard InChI is InChI=1S/C12H18ClNS/c1-8-4-3-5-9(8)12(14-2)10-6-7-11(13)15-10/h6-9,12,14H,3-5H2,1-2H3. The lowest BCUT2D eigenvalue weighted by Gasteiger charge is -2.25. The normalized spacial score (nSPS) is 28.2. The first-order chi connectivity index (χ1) is 7.22. The fraction of sp³-hybridized carbons (Fsp3) is 0.667. The van der Waals surface area contributed by atoms with Gasteiger partial charge in [-0.2, -0.15) is 0 Å². The molecule has 0 spiro atoms. The molecule has 0 bridgehead atoms. The van der Waals surface area contributed by atoms with Gasteiger partial charge in [0.25, 0.3) is 0 Å². The van der Waals surface area contributed by atoms with Gasteiger partial charge < -0.3 is 5.32 Å². The summed E-state index contributed by atoms with van der Waals surface area (Å²) < 4.78 is 0.899. The fourth-order valence-corrected chi connectivity index (χ4v) is 3.98. The maximum Gasteiger partial charge on any atom is 0.0931 e. The Bertz CT molecular complexity index is 323. The monoisotopic (exact) mass is 243 g/mol. The van der Waals surface area contributed by atoms with E-state index in [0.717, 1.165) is 16.2 Å². The van der Waals surface area contributed by atoms with Gasteiger partial charge in [-0.05, 0) is 37.4 Å². The zero-order valence-corrected chi connectivity index (χ0v) is 10.9. The van der Waals surface area contributed by atoms with Crippen LogP contribution < -0.4 is 5.32 Å². The van der Waals surface area contributed by atoms with Gasteiger partial charge in [-0.1, -0.05) is 31.4 Å².